The van der Waals surface area contributed by atoms with Crippen molar-refractivity contribution in [2.45, 2.75) is 88.1 Å². The van der Waals surface area contributed by atoms with E-state index in [2.05, 4.69) is 33.9 Å². The fraction of sp³-hybridized carbons (Fsp3) is 0.500. The molecule has 0 amide bonds. The van der Waals surface area contributed by atoms with E-state index < -0.39 is 44.6 Å². The number of hydrogen-bond acceptors (Lipinski definition) is 8. The summed E-state index contributed by atoms with van der Waals surface area (Å²) in [7, 11) is -0.203. The van der Waals surface area contributed by atoms with Crippen molar-refractivity contribution in [1.29, 1.82) is 0 Å². The van der Waals surface area contributed by atoms with Gasteiger partial charge in [-0.1, -0.05) is 93.6 Å². The lowest BCUT2D eigenvalue weighted by molar-refractivity contribution is -0.305. The summed E-state index contributed by atoms with van der Waals surface area (Å²) >= 11 is 0. The second kappa shape index (κ2) is 15.3. The Labute approximate surface area is 269 Å². The second-order valence-electron chi connectivity index (χ2n) is 13.2. The molecule has 0 bridgehead atoms. The maximum absolute atomic E-state index is 11.0. The van der Waals surface area contributed by atoms with Crippen molar-refractivity contribution in [3.8, 4) is 5.75 Å². The standard InChI is InChI=1S/C36H50O8Si/c1-35(2,3)45(5,6)43-24-14-13-23-41-34-33(39)32(38)31(37)30(44-34)25-42-36(26-15-9-7-10-16-26,27-17-11-8-12-18-27)28-19-21-29(40-4)22-20-28/h7-12,15-22,30-34,37-39H,13-14,23-25H2,1-6H3/t30-,31+,32+,33-,34-/m1/s1. The predicted molar refractivity (Wildman–Crippen MR) is 177 cm³/mol. The van der Waals surface area contributed by atoms with E-state index in [0.717, 1.165) is 23.1 Å². The molecule has 5 atom stereocenters. The Kier molecular flexibility index (Phi) is 12.0. The van der Waals surface area contributed by atoms with Crippen LogP contribution in [0.2, 0.25) is 18.1 Å². The molecule has 1 aliphatic heterocycles. The Hall–Kier alpha value is -2.60. The lowest BCUT2D eigenvalue weighted by Gasteiger charge is -2.42. The van der Waals surface area contributed by atoms with Crippen LogP contribution in [-0.4, -0.2) is 81.3 Å². The van der Waals surface area contributed by atoms with Gasteiger partial charge < -0.3 is 38.7 Å². The summed E-state index contributed by atoms with van der Waals surface area (Å²) < 4.78 is 30.5. The quantitative estimate of drug-likeness (QED) is 0.119. The zero-order chi connectivity index (χ0) is 32.7. The third kappa shape index (κ3) is 8.22. The molecule has 0 aliphatic carbocycles. The second-order valence-corrected chi connectivity index (χ2v) is 18.0. The van der Waals surface area contributed by atoms with E-state index in [-0.39, 0.29) is 11.6 Å². The molecule has 0 saturated carbocycles. The average Bonchev–Trinajstić information content (AvgIpc) is 3.04. The minimum Gasteiger partial charge on any atom is -0.497 e. The third-order valence-electron chi connectivity index (χ3n) is 9.08. The fourth-order valence-electron chi connectivity index (χ4n) is 5.27. The summed E-state index contributed by atoms with van der Waals surface area (Å²) in [5.41, 5.74) is 1.51. The van der Waals surface area contributed by atoms with E-state index >= 15 is 0 Å². The minimum absolute atomic E-state index is 0.0963. The van der Waals surface area contributed by atoms with Gasteiger partial charge in [0.2, 0.25) is 0 Å². The number of rotatable bonds is 14. The molecule has 0 spiro atoms. The first kappa shape index (κ1) is 35.3. The van der Waals surface area contributed by atoms with Gasteiger partial charge in [-0.2, -0.15) is 0 Å². The van der Waals surface area contributed by atoms with Gasteiger partial charge in [0.25, 0.3) is 0 Å². The number of benzene rings is 3. The van der Waals surface area contributed by atoms with E-state index in [1.807, 2.05) is 84.9 Å². The Morgan fingerprint density at radius 1 is 0.711 bits per heavy atom. The molecule has 9 heteroatoms. The number of hydrogen-bond donors (Lipinski definition) is 3. The molecular weight excluding hydrogens is 588 g/mol. The van der Waals surface area contributed by atoms with Crippen molar-refractivity contribution in [3.63, 3.8) is 0 Å². The van der Waals surface area contributed by atoms with Crippen LogP contribution in [-0.2, 0) is 24.2 Å². The van der Waals surface area contributed by atoms with Crippen molar-refractivity contribution < 1.29 is 38.7 Å². The molecule has 3 aromatic rings. The van der Waals surface area contributed by atoms with Gasteiger partial charge in [0.05, 0.1) is 13.7 Å². The topological polar surface area (TPSA) is 107 Å². The number of methoxy groups -OCH3 is 1. The van der Waals surface area contributed by atoms with Crippen molar-refractivity contribution in [2.24, 2.45) is 0 Å². The lowest BCUT2D eigenvalue weighted by Crippen LogP contribution is -2.59. The molecule has 3 N–H and O–H groups in total. The Morgan fingerprint density at radius 2 is 1.24 bits per heavy atom. The van der Waals surface area contributed by atoms with Crippen LogP contribution in [0.1, 0.15) is 50.3 Å². The third-order valence-corrected chi connectivity index (χ3v) is 13.6. The highest BCUT2D eigenvalue weighted by Crippen LogP contribution is 2.42. The van der Waals surface area contributed by atoms with Gasteiger partial charge in [0, 0.05) is 13.2 Å². The van der Waals surface area contributed by atoms with Gasteiger partial charge in [-0.05, 0) is 59.8 Å². The molecule has 8 nitrogen and oxygen atoms in total. The molecule has 0 unspecified atom stereocenters. The highest BCUT2D eigenvalue weighted by molar-refractivity contribution is 6.74. The lowest BCUT2D eigenvalue weighted by atomic mass is 9.80. The van der Waals surface area contributed by atoms with E-state index in [0.29, 0.717) is 25.4 Å². The van der Waals surface area contributed by atoms with E-state index in [9.17, 15) is 15.3 Å². The summed E-state index contributed by atoms with van der Waals surface area (Å²) in [6, 6.07) is 27.3. The molecule has 246 valence electrons. The SMILES string of the molecule is COc1ccc(C(OC[C@H]2O[C@@H](OCCCCO[Si](C)(C)C(C)(C)C)[C@H](O)[C@@H](O)[C@H]2O)(c2ccccc2)c2ccccc2)cc1. The summed E-state index contributed by atoms with van der Waals surface area (Å²) in [6.07, 6.45) is -4.87. The van der Waals surface area contributed by atoms with E-state index in [4.69, 9.17) is 23.4 Å². The van der Waals surface area contributed by atoms with Gasteiger partial charge in [0.1, 0.15) is 35.8 Å². The van der Waals surface area contributed by atoms with Crippen LogP contribution in [0.15, 0.2) is 84.9 Å². The highest BCUT2D eigenvalue weighted by atomic mass is 28.4. The molecule has 1 heterocycles. The number of unbranched alkanes of at least 4 members (excludes halogenated alkanes) is 1. The summed E-state index contributed by atoms with van der Waals surface area (Å²) in [5, 5.41) is 32.6. The molecular formula is C36H50O8Si. The smallest absolute Gasteiger partial charge is 0.191 e. The summed E-state index contributed by atoms with van der Waals surface area (Å²) in [4.78, 5) is 0. The monoisotopic (exact) mass is 638 g/mol. The molecule has 45 heavy (non-hydrogen) atoms. The first-order chi connectivity index (χ1) is 21.4. The maximum Gasteiger partial charge on any atom is 0.191 e. The molecule has 0 aromatic heterocycles. The van der Waals surface area contributed by atoms with Crippen LogP contribution in [0.5, 0.6) is 5.75 Å². The first-order valence-corrected chi connectivity index (χ1v) is 18.7. The first-order valence-electron chi connectivity index (χ1n) is 15.8. The van der Waals surface area contributed by atoms with Crippen LogP contribution < -0.4 is 4.74 Å². The average molecular weight is 639 g/mol. The van der Waals surface area contributed by atoms with Crippen LogP contribution in [0.4, 0.5) is 0 Å². The van der Waals surface area contributed by atoms with Crippen LogP contribution >= 0.6 is 0 Å². The maximum atomic E-state index is 11.0. The zero-order valence-corrected chi connectivity index (χ0v) is 28.4. The Balaban J connectivity index is 1.50. The molecule has 0 radical (unpaired) electrons. The van der Waals surface area contributed by atoms with Crippen molar-refractivity contribution in [2.75, 3.05) is 26.9 Å². The van der Waals surface area contributed by atoms with Gasteiger partial charge >= 0.3 is 0 Å². The Morgan fingerprint density at radius 3 is 1.78 bits per heavy atom. The Bertz CT molecular complexity index is 1260. The number of aliphatic hydroxyl groups excluding tert-OH is 3. The van der Waals surface area contributed by atoms with Gasteiger partial charge in [-0.15, -0.1) is 0 Å². The highest BCUT2D eigenvalue weighted by Gasteiger charge is 2.46. The largest absolute Gasteiger partial charge is 0.497 e. The molecule has 3 aromatic carbocycles. The van der Waals surface area contributed by atoms with Gasteiger partial charge in [0.15, 0.2) is 14.6 Å². The van der Waals surface area contributed by atoms with Crippen molar-refractivity contribution >= 4 is 8.32 Å². The van der Waals surface area contributed by atoms with Crippen LogP contribution in [0, 0.1) is 0 Å². The molecule has 1 saturated heterocycles. The van der Waals surface area contributed by atoms with Gasteiger partial charge in [-0.3, -0.25) is 0 Å². The minimum atomic E-state index is -1.82. The molecule has 1 fully saturated rings. The molecule has 1 aliphatic rings. The number of ether oxygens (including phenoxy) is 4. The normalized spacial score (nSPS) is 22.7. The predicted octanol–water partition coefficient (Wildman–Crippen LogP) is 5.63. The van der Waals surface area contributed by atoms with Crippen molar-refractivity contribution in [3.05, 3.63) is 102 Å². The van der Waals surface area contributed by atoms with E-state index in [1.54, 1.807) is 7.11 Å². The summed E-state index contributed by atoms with van der Waals surface area (Å²) in [6.45, 7) is 11.9. The van der Waals surface area contributed by atoms with Crippen LogP contribution in [0.25, 0.3) is 0 Å². The van der Waals surface area contributed by atoms with Crippen LogP contribution in [0.3, 0.4) is 0 Å². The van der Waals surface area contributed by atoms with Gasteiger partial charge in [-0.25, -0.2) is 0 Å². The van der Waals surface area contributed by atoms with Crippen molar-refractivity contribution in [1.82, 2.24) is 0 Å². The number of aliphatic hydroxyl groups is 3. The van der Waals surface area contributed by atoms with E-state index in [1.165, 1.54) is 0 Å². The molecule has 4 rings (SSSR count). The zero-order valence-electron chi connectivity index (χ0n) is 27.4. The summed E-state index contributed by atoms with van der Waals surface area (Å²) in [5.74, 6) is 0.712. The fourth-order valence-corrected chi connectivity index (χ4v) is 6.36.